The predicted octanol–water partition coefficient (Wildman–Crippen LogP) is 1.67. The van der Waals surface area contributed by atoms with Crippen LogP contribution in [0.3, 0.4) is 0 Å². The van der Waals surface area contributed by atoms with Gasteiger partial charge in [-0.2, -0.15) is 0 Å². The SMILES string of the molecule is CC(C)(C)C1C#C1. The Labute approximate surface area is 44.9 Å². The quantitative estimate of drug-likeness (QED) is 0.400. The van der Waals surface area contributed by atoms with E-state index in [1.54, 1.807) is 0 Å². The molecule has 1 aliphatic carbocycles. The molecule has 0 aromatic heterocycles. The lowest BCUT2D eigenvalue weighted by molar-refractivity contribution is 0.381. The maximum absolute atomic E-state index is 3.02. The van der Waals surface area contributed by atoms with Crippen molar-refractivity contribution in [2.75, 3.05) is 0 Å². The van der Waals surface area contributed by atoms with E-state index in [9.17, 15) is 0 Å². The molecule has 0 heteroatoms. The molecule has 0 bridgehead atoms. The van der Waals surface area contributed by atoms with E-state index in [0.717, 1.165) is 0 Å². The summed E-state index contributed by atoms with van der Waals surface area (Å²) in [5, 5.41) is 0. The van der Waals surface area contributed by atoms with E-state index in [0.29, 0.717) is 11.3 Å². The molecule has 0 saturated carbocycles. The lowest BCUT2D eigenvalue weighted by Crippen LogP contribution is -2.09. The van der Waals surface area contributed by atoms with Crippen molar-refractivity contribution in [2.24, 2.45) is 11.3 Å². The van der Waals surface area contributed by atoms with Crippen molar-refractivity contribution in [3.8, 4) is 11.8 Å². The summed E-state index contributed by atoms with van der Waals surface area (Å²) in [5.41, 5.74) is 0.389. The van der Waals surface area contributed by atoms with Gasteiger partial charge in [-0.05, 0) is 5.41 Å². The van der Waals surface area contributed by atoms with Gasteiger partial charge in [-0.1, -0.05) is 32.6 Å². The second-order valence-electron chi connectivity index (χ2n) is 3.09. The predicted molar refractivity (Wildman–Crippen MR) is 30.7 cm³/mol. The second kappa shape index (κ2) is 1.04. The minimum Gasteiger partial charge on any atom is -0.0849 e. The van der Waals surface area contributed by atoms with Crippen molar-refractivity contribution in [3.05, 3.63) is 0 Å². The fourth-order valence-corrected chi connectivity index (χ4v) is 0.475. The fourth-order valence-electron chi connectivity index (χ4n) is 0.475. The molecule has 0 nitrogen and oxygen atoms in total. The first-order chi connectivity index (χ1) is 3.11. The Morgan fingerprint density at radius 1 is 1.14 bits per heavy atom. The summed E-state index contributed by atoms with van der Waals surface area (Å²) >= 11 is 0. The smallest absolute Gasteiger partial charge is 0.0849 e. The molecule has 0 unspecified atom stereocenters. The number of hydrogen-bond donors (Lipinski definition) is 0. The van der Waals surface area contributed by atoms with Gasteiger partial charge in [0.15, 0.2) is 0 Å². The third-order valence-corrected chi connectivity index (χ3v) is 1.15. The molecule has 0 heterocycles. The third-order valence-electron chi connectivity index (χ3n) is 1.15. The molecule has 0 spiro atoms. The lowest BCUT2D eigenvalue weighted by Gasteiger charge is -2.14. The monoisotopic (exact) mass is 94.1 g/mol. The summed E-state index contributed by atoms with van der Waals surface area (Å²) in [6, 6.07) is 0. The van der Waals surface area contributed by atoms with E-state index in [4.69, 9.17) is 0 Å². The van der Waals surface area contributed by atoms with Gasteiger partial charge in [0.05, 0.1) is 5.92 Å². The zero-order chi connectivity index (χ0) is 5.49. The average Bonchev–Trinajstić information content (AvgIpc) is 1.99. The molecule has 0 fully saturated rings. The van der Waals surface area contributed by atoms with Crippen LogP contribution in [-0.2, 0) is 0 Å². The summed E-state index contributed by atoms with van der Waals surface area (Å²) in [7, 11) is 0. The van der Waals surface area contributed by atoms with Gasteiger partial charge < -0.3 is 0 Å². The zero-order valence-electron chi connectivity index (χ0n) is 5.08. The molecule has 0 aromatic carbocycles. The maximum atomic E-state index is 3.02. The number of hydrogen-bond acceptors (Lipinski definition) is 0. The highest BCUT2D eigenvalue weighted by Gasteiger charge is 2.26. The summed E-state index contributed by atoms with van der Waals surface area (Å²) < 4.78 is 0. The summed E-state index contributed by atoms with van der Waals surface area (Å²) in [6.45, 7) is 6.60. The third kappa shape index (κ3) is 0.962. The topological polar surface area (TPSA) is 0 Å². The summed E-state index contributed by atoms with van der Waals surface area (Å²) in [6.07, 6.45) is 0. The summed E-state index contributed by atoms with van der Waals surface area (Å²) in [5.74, 6) is 6.60. The van der Waals surface area contributed by atoms with Crippen LogP contribution in [0.1, 0.15) is 20.8 Å². The van der Waals surface area contributed by atoms with E-state index in [2.05, 4.69) is 32.6 Å². The molecule has 38 valence electrons. The van der Waals surface area contributed by atoms with E-state index in [1.165, 1.54) is 0 Å². The normalized spacial score (nSPS) is 18.1. The van der Waals surface area contributed by atoms with E-state index < -0.39 is 0 Å². The fraction of sp³-hybridized carbons (Fsp3) is 0.714. The summed E-state index contributed by atoms with van der Waals surface area (Å²) in [4.78, 5) is 0. The molecule has 7 heavy (non-hydrogen) atoms. The van der Waals surface area contributed by atoms with Crippen LogP contribution in [0.4, 0.5) is 0 Å². The van der Waals surface area contributed by atoms with Crippen LogP contribution in [0.25, 0.3) is 0 Å². The van der Waals surface area contributed by atoms with Crippen molar-refractivity contribution < 1.29 is 0 Å². The molecule has 0 aliphatic heterocycles. The van der Waals surface area contributed by atoms with Crippen LogP contribution in [-0.4, -0.2) is 0 Å². The minimum absolute atomic E-state index is 0.389. The molecular formula is C7H10. The Bertz CT molecular complexity index is 118. The van der Waals surface area contributed by atoms with Gasteiger partial charge in [-0.15, -0.1) is 0 Å². The molecule has 0 saturated heterocycles. The molecule has 0 amide bonds. The van der Waals surface area contributed by atoms with Crippen LogP contribution in [0.15, 0.2) is 0 Å². The van der Waals surface area contributed by atoms with Gasteiger partial charge in [0.25, 0.3) is 0 Å². The Hall–Kier alpha value is -0.440. The van der Waals surface area contributed by atoms with Gasteiger partial charge in [-0.25, -0.2) is 0 Å². The van der Waals surface area contributed by atoms with E-state index in [1.807, 2.05) is 0 Å². The first-order valence-corrected chi connectivity index (χ1v) is 2.62. The van der Waals surface area contributed by atoms with Crippen LogP contribution in [0, 0.1) is 23.2 Å². The van der Waals surface area contributed by atoms with Crippen LogP contribution < -0.4 is 0 Å². The van der Waals surface area contributed by atoms with Gasteiger partial charge in [0.1, 0.15) is 0 Å². The Morgan fingerprint density at radius 2 is 1.57 bits per heavy atom. The molecule has 1 rings (SSSR count). The molecule has 0 N–H and O–H groups in total. The van der Waals surface area contributed by atoms with Crippen molar-refractivity contribution >= 4 is 0 Å². The van der Waals surface area contributed by atoms with E-state index >= 15 is 0 Å². The average molecular weight is 94.2 g/mol. The highest BCUT2D eigenvalue weighted by atomic mass is 14.3. The Balaban J connectivity index is 2.39. The van der Waals surface area contributed by atoms with Crippen LogP contribution in [0.5, 0.6) is 0 Å². The zero-order valence-corrected chi connectivity index (χ0v) is 5.08. The second-order valence-corrected chi connectivity index (χ2v) is 3.09. The van der Waals surface area contributed by atoms with Crippen molar-refractivity contribution in [3.63, 3.8) is 0 Å². The molecule has 1 aliphatic rings. The van der Waals surface area contributed by atoms with Crippen molar-refractivity contribution in [2.45, 2.75) is 20.8 Å². The first-order valence-electron chi connectivity index (χ1n) is 2.62. The van der Waals surface area contributed by atoms with E-state index in [-0.39, 0.29) is 0 Å². The largest absolute Gasteiger partial charge is 0.0860 e. The standard InChI is InChI=1S/C7H10/c1-7(2,3)6-4-5-6/h6H,1-3H3. The molecular weight excluding hydrogens is 84.1 g/mol. The number of rotatable bonds is 0. The van der Waals surface area contributed by atoms with Crippen LogP contribution in [0.2, 0.25) is 0 Å². The molecule has 0 radical (unpaired) electrons. The van der Waals surface area contributed by atoms with Gasteiger partial charge in [0.2, 0.25) is 0 Å². The minimum atomic E-state index is 0.389. The maximum Gasteiger partial charge on any atom is 0.0860 e. The lowest BCUT2D eigenvalue weighted by atomic mass is 9.88. The van der Waals surface area contributed by atoms with Crippen molar-refractivity contribution in [1.82, 2.24) is 0 Å². The highest BCUT2D eigenvalue weighted by Crippen LogP contribution is 2.29. The Kier molecular flexibility index (Phi) is 0.698. The van der Waals surface area contributed by atoms with Crippen LogP contribution >= 0.6 is 0 Å². The van der Waals surface area contributed by atoms with Gasteiger partial charge in [0, 0.05) is 0 Å². The molecule has 0 aromatic rings. The van der Waals surface area contributed by atoms with Gasteiger partial charge >= 0.3 is 0 Å². The Morgan fingerprint density at radius 3 is 1.57 bits per heavy atom. The highest BCUT2D eigenvalue weighted by molar-refractivity contribution is 5.32. The molecule has 0 atom stereocenters. The first kappa shape index (κ1) is 4.71. The van der Waals surface area contributed by atoms with Crippen molar-refractivity contribution in [1.29, 1.82) is 0 Å². The van der Waals surface area contributed by atoms with Gasteiger partial charge in [-0.3, -0.25) is 0 Å².